The number of ketones is 1. The molecule has 1 heterocycles. The highest BCUT2D eigenvalue weighted by Crippen LogP contribution is 2.60. The van der Waals surface area contributed by atoms with Crippen LogP contribution >= 0.6 is 22.1 Å². The van der Waals surface area contributed by atoms with Crippen LogP contribution in [0.25, 0.3) is 0 Å². The zero-order valence-corrected chi connectivity index (χ0v) is 18.9. The van der Waals surface area contributed by atoms with E-state index in [9.17, 15) is 52.7 Å². The van der Waals surface area contributed by atoms with Gasteiger partial charge in [0.15, 0.2) is 0 Å². The van der Waals surface area contributed by atoms with Crippen molar-refractivity contribution in [2.45, 2.75) is 55.4 Å². The monoisotopic (exact) mass is 544 g/mol. The van der Waals surface area contributed by atoms with Crippen LogP contribution in [0.15, 0.2) is 0 Å². The van der Waals surface area contributed by atoms with Crippen LogP contribution in [0.5, 0.6) is 0 Å². The molecule has 1 saturated heterocycles. The first-order valence-corrected chi connectivity index (χ1v) is 14.1. The number of alkyl halides is 9. The second kappa shape index (κ2) is 9.36. The highest BCUT2D eigenvalue weighted by molar-refractivity contribution is 8.34. The number of Topliss-reactive ketones (excluding diaryl/α,β-unsaturated/α-hetero) is 1. The number of hydrogen-bond acceptors (Lipinski definition) is 5. The van der Waals surface area contributed by atoms with Gasteiger partial charge in [-0.3, -0.25) is 4.79 Å². The Morgan fingerprint density at radius 2 is 1.38 bits per heavy atom. The molecule has 2 fully saturated rings. The van der Waals surface area contributed by atoms with Gasteiger partial charge in [0.2, 0.25) is 0 Å². The maximum absolute atomic E-state index is 14.1. The smallest absolute Gasteiger partial charge is 0.298 e. The quantitative estimate of drug-likeness (QED) is 0.385. The van der Waals surface area contributed by atoms with Gasteiger partial charge in [-0.1, -0.05) is 19.3 Å². The Hall–Kier alpha value is -0.350. The molecule has 0 spiro atoms. The SMILES string of the molecule is O=C(CS1(OS(=O)(=O)C(F)(F)C(F)(F)C(F)(F)C(F)(F)F)CCSCC1)C1CCCCC1. The Morgan fingerprint density at radius 1 is 0.875 bits per heavy atom. The van der Waals surface area contributed by atoms with Crippen LogP contribution in [0, 0.1) is 5.92 Å². The molecule has 1 aliphatic heterocycles. The van der Waals surface area contributed by atoms with E-state index in [1.54, 1.807) is 0 Å². The summed E-state index contributed by atoms with van der Waals surface area (Å²) in [7, 11) is -10.3. The third-order valence-electron chi connectivity index (χ3n) is 5.33. The van der Waals surface area contributed by atoms with E-state index < -0.39 is 61.2 Å². The van der Waals surface area contributed by atoms with E-state index in [1.165, 1.54) is 11.8 Å². The zero-order chi connectivity index (χ0) is 24.6. The minimum Gasteiger partial charge on any atom is -0.298 e. The van der Waals surface area contributed by atoms with Crippen LogP contribution in [-0.4, -0.2) is 66.2 Å². The molecule has 190 valence electrons. The minimum absolute atomic E-state index is 0.115. The number of rotatable bonds is 8. The molecule has 32 heavy (non-hydrogen) atoms. The fraction of sp³-hybridized carbons (Fsp3) is 0.938. The lowest BCUT2D eigenvalue weighted by molar-refractivity contribution is -0.382. The summed E-state index contributed by atoms with van der Waals surface area (Å²) in [6, 6.07) is 0. The number of thioether (sulfide) groups is 1. The topological polar surface area (TPSA) is 60.4 Å². The van der Waals surface area contributed by atoms with Crippen LogP contribution in [0.2, 0.25) is 0 Å². The molecule has 2 aliphatic rings. The standard InChI is InChI=1S/C16H21F9O4S3/c17-13(18,15(21,22)23)14(19,20)16(24,25)32(27,28)29-31(8-6-30-7-9-31)10-12(26)11-4-2-1-3-5-11/h11H,1-10H2. The average Bonchev–Trinajstić information content (AvgIpc) is 2.67. The Morgan fingerprint density at radius 3 is 1.84 bits per heavy atom. The molecule has 0 aromatic rings. The first-order valence-electron chi connectivity index (χ1n) is 9.43. The zero-order valence-electron chi connectivity index (χ0n) is 16.4. The van der Waals surface area contributed by atoms with E-state index in [2.05, 4.69) is 3.63 Å². The van der Waals surface area contributed by atoms with Crippen molar-refractivity contribution < 1.29 is 56.4 Å². The summed E-state index contributed by atoms with van der Waals surface area (Å²) in [6.45, 7) is 0. The lowest BCUT2D eigenvalue weighted by Crippen LogP contribution is -2.63. The maximum atomic E-state index is 14.1. The third kappa shape index (κ3) is 5.16. The van der Waals surface area contributed by atoms with Gasteiger partial charge >= 0.3 is 33.4 Å². The molecule has 0 bridgehead atoms. The molecule has 0 unspecified atom stereocenters. The van der Waals surface area contributed by atoms with Crippen LogP contribution in [0.3, 0.4) is 0 Å². The number of hydrogen-bond donors (Lipinski definition) is 0. The molecule has 1 aliphatic carbocycles. The molecule has 1 saturated carbocycles. The lowest BCUT2D eigenvalue weighted by Gasteiger charge is -2.43. The second-order valence-corrected chi connectivity index (χ2v) is 13.8. The summed E-state index contributed by atoms with van der Waals surface area (Å²) < 4.78 is 147. The molecule has 0 aromatic carbocycles. The van der Waals surface area contributed by atoms with Gasteiger partial charge in [0, 0.05) is 28.9 Å². The maximum Gasteiger partial charge on any atom is 0.460 e. The van der Waals surface area contributed by atoms with E-state index in [-0.39, 0.29) is 23.0 Å². The molecule has 2 rings (SSSR count). The molecule has 16 heteroatoms. The Kier molecular flexibility index (Phi) is 8.16. The van der Waals surface area contributed by atoms with Gasteiger partial charge in [-0.15, -0.1) is 10.3 Å². The van der Waals surface area contributed by atoms with Gasteiger partial charge < -0.3 is 0 Å². The van der Waals surface area contributed by atoms with Gasteiger partial charge in [0.05, 0.1) is 5.75 Å². The number of halogens is 9. The first-order chi connectivity index (χ1) is 14.4. The van der Waals surface area contributed by atoms with Crippen LogP contribution in [0.1, 0.15) is 32.1 Å². The summed E-state index contributed by atoms with van der Waals surface area (Å²) in [5, 5.41) is -6.91. The summed E-state index contributed by atoms with van der Waals surface area (Å²) >= 11 is 1.24. The predicted octanol–water partition coefficient (Wildman–Crippen LogP) is 5.37. The fourth-order valence-electron chi connectivity index (χ4n) is 3.41. The predicted molar refractivity (Wildman–Crippen MR) is 102 cm³/mol. The summed E-state index contributed by atoms with van der Waals surface area (Å²) in [5.74, 6) is -16.7. The van der Waals surface area contributed by atoms with Crippen LogP contribution in [0.4, 0.5) is 39.5 Å². The normalized spacial score (nSPS) is 23.0. The molecular formula is C16H21F9O4S3. The van der Waals surface area contributed by atoms with E-state index >= 15 is 0 Å². The first kappa shape index (κ1) is 27.9. The van der Waals surface area contributed by atoms with Gasteiger partial charge in [0.25, 0.3) is 0 Å². The molecular weight excluding hydrogens is 523 g/mol. The number of carbonyl (C=O) groups excluding carboxylic acids is 1. The molecule has 0 aromatic heterocycles. The second-order valence-electron chi connectivity index (χ2n) is 7.62. The molecule has 4 nitrogen and oxygen atoms in total. The van der Waals surface area contributed by atoms with Crippen molar-refractivity contribution in [2.75, 3.05) is 28.8 Å². The molecule has 0 N–H and O–H groups in total. The summed E-state index contributed by atoms with van der Waals surface area (Å²) in [5.41, 5.74) is 0. The minimum atomic E-state index is -7.36. The van der Waals surface area contributed by atoms with Gasteiger partial charge in [-0.25, -0.2) is 3.63 Å². The van der Waals surface area contributed by atoms with Gasteiger partial charge in [-0.2, -0.15) is 59.7 Å². The molecule has 0 atom stereocenters. The van der Waals surface area contributed by atoms with Crippen molar-refractivity contribution in [3.8, 4) is 0 Å². The molecule has 0 amide bonds. The lowest BCUT2D eigenvalue weighted by atomic mass is 9.87. The largest absolute Gasteiger partial charge is 0.460 e. The summed E-state index contributed by atoms with van der Waals surface area (Å²) in [6.07, 6.45) is -3.98. The number of carbonyl (C=O) groups is 1. The highest BCUT2D eigenvalue weighted by Gasteiger charge is 2.86. The van der Waals surface area contributed by atoms with Crippen LogP contribution in [-0.2, 0) is 18.5 Å². The van der Waals surface area contributed by atoms with Crippen molar-refractivity contribution >= 4 is 38.0 Å². The average molecular weight is 545 g/mol. The third-order valence-corrected chi connectivity index (χ3v) is 12.3. The van der Waals surface area contributed by atoms with E-state index in [0.717, 1.165) is 6.42 Å². The van der Waals surface area contributed by atoms with Gasteiger partial charge in [0.1, 0.15) is 5.78 Å². The van der Waals surface area contributed by atoms with Crippen molar-refractivity contribution in [2.24, 2.45) is 5.92 Å². The van der Waals surface area contributed by atoms with Crippen molar-refractivity contribution in [1.29, 1.82) is 0 Å². The van der Waals surface area contributed by atoms with Crippen molar-refractivity contribution in [3.05, 3.63) is 0 Å². The van der Waals surface area contributed by atoms with Crippen LogP contribution < -0.4 is 0 Å². The Labute approximate surface area is 184 Å². The molecule has 0 radical (unpaired) electrons. The highest BCUT2D eigenvalue weighted by atomic mass is 32.3. The summed E-state index contributed by atoms with van der Waals surface area (Å²) in [4.78, 5) is 12.6. The Balaban J connectivity index is 2.36. The van der Waals surface area contributed by atoms with E-state index in [1.807, 2.05) is 0 Å². The Bertz CT molecular complexity index is 787. The van der Waals surface area contributed by atoms with E-state index in [4.69, 9.17) is 0 Å². The fourth-order valence-corrected chi connectivity index (χ4v) is 11.3. The van der Waals surface area contributed by atoms with Crippen molar-refractivity contribution in [3.63, 3.8) is 0 Å². The van der Waals surface area contributed by atoms with Gasteiger partial charge in [-0.05, 0) is 12.8 Å². The van der Waals surface area contributed by atoms with Crippen molar-refractivity contribution in [1.82, 2.24) is 0 Å². The van der Waals surface area contributed by atoms with E-state index in [0.29, 0.717) is 25.7 Å².